The van der Waals surface area contributed by atoms with Crippen molar-refractivity contribution in [2.75, 3.05) is 19.9 Å². The Kier molecular flexibility index (Phi) is 6.05. The van der Waals surface area contributed by atoms with Crippen LogP contribution in [-0.4, -0.2) is 41.8 Å². The molecule has 3 amide bonds. The van der Waals surface area contributed by atoms with Gasteiger partial charge in [0.1, 0.15) is 0 Å². The van der Waals surface area contributed by atoms with Crippen LogP contribution in [0.25, 0.3) is 17.2 Å². The maximum absolute atomic E-state index is 12.8. The Hall–Kier alpha value is -4.04. The molecule has 7 nitrogen and oxygen atoms in total. The van der Waals surface area contributed by atoms with Crippen LogP contribution in [0, 0.1) is 0 Å². The third-order valence-corrected chi connectivity index (χ3v) is 6.35. The molecule has 0 atom stereocenters. The van der Waals surface area contributed by atoms with Crippen molar-refractivity contribution in [3.8, 4) is 22.6 Å². The second-order valence-corrected chi connectivity index (χ2v) is 8.61. The zero-order valence-electron chi connectivity index (χ0n) is 18.0. The van der Waals surface area contributed by atoms with Crippen LogP contribution in [0.2, 0.25) is 0 Å². The van der Waals surface area contributed by atoms with Crippen molar-refractivity contribution in [1.29, 1.82) is 0 Å². The topological polar surface area (TPSA) is 84.9 Å². The number of thioether (sulfide) groups is 1. The van der Waals surface area contributed by atoms with E-state index in [9.17, 15) is 14.4 Å². The van der Waals surface area contributed by atoms with Crippen molar-refractivity contribution in [3.05, 3.63) is 88.8 Å². The number of imide groups is 1. The van der Waals surface area contributed by atoms with Crippen LogP contribution in [0.3, 0.4) is 0 Å². The smallest absolute Gasteiger partial charge is 0.293 e. The molecule has 3 aromatic rings. The average Bonchev–Trinajstić information content (AvgIpc) is 3.44. The van der Waals surface area contributed by atoms with Gasteiger partial charge in [-0.15, -0.1) is 0 Å². The monoisotopic (exact) mass is 472 g/mol. The van der Waals surface area contributed by atoms with E-state index in [0.717, 1.165) is 33.4 Å². The molecular weight excluding hydrogens is 452 g/mol. The highest BCUT2D eigenvalue weighted by atomic mass is 32.2. The Morgan fingerprint density at radius 2 is 1.74 bits per heavy atom. The first-order valence-corrected chi connectivity index (χ1v) is 11.5. The molecule has 0 unspecified atom stereocenters. The molecule has 0 saturated carbocycles. The number of rotatable bonds is 6. The summed E-state index contributed by atoms with van der Waals surface area (Å²) in [6.45, 7) is 0.399. The molecule has 0 spiro atoms. The predicted molar refractivity (Wildman–Crippen MR) is 129 cm³/mol. The summed E-state index contributed by atoms with van der Waals surface area (Å²) in [4.78, 5) is 39.5. The van der Waals surface area contributed by atoms with Crippen molar-refractivity contribution in [2.24, 2.45) is 0 Å². The fourth-order valence-electron chi connectivity index (χ4n) is 3.77. The third kappa shape index (κ3) is 4.40. The molecule has 0 aromatic heterocycles. The highest BCUT2D eigenvalue weighted by Gasteiger charge is 2.34. The van der Waals surface area contributed by atoms with Crippen LogP contribution in [0.15, 0.2) is 77.7 Å². The Bertz CT molecular complexity index is 1310. The molecule has 0 aliphatic carbocycles. The molecule has 5 rings (SSSR count). The molecule has 3 aromatic carbocycles. The normalized spacial score (nSPS) is 15.8. The van der Waals surface area contributed by atoms with Crippen LogP contribution in [0.1, 0.15) is 15.9 Å². The van der Waals surface area contributed by atoms with E-state index in [0.29, 0.717) is 22.0 Å². The van der Waals surface area contributed by atoms with Gasteiger partial charge in [-0.3, -0.25) is 19.3 Å². The van der Waals surface area contributed by atoms with Gasteiger partial charge in [0, 0.05) is 18.7 Å². The Morgan fingerprint density at radius 3 is 2.59 bits per heavy atom. The minimum absolute atomic E-state index is 0.0857. The number of carbonyl (C=O) groups is 3. The quantitative estimate of drug-likeness (QED) is 0.530. The number of hydrogen-bond donors (Lipinski definition) is 1. The first-order chi connectivity index (χ1) is 16.6. The van der Waals surface area contributed by atoms with E-state index in [-0.39, 0.29) is 36.9 Å². The second kappa shape index (κ2) is 9.44. The number of benzene rings is 3. The van der Waals surface area contributed by atoms with Gasteiger partial charge in [0.15, 0.2) is 11.5 Å². The van der Waals surface area contributed by atoms with E-state index in [1.54, 1.807) is 36.4 Å². The predicted octanol–water partition coefficient (Wildman–Crippen LogP) is 4.55. The molecule has 8 heteroatoms. The molecule has 34 heavy (non-hydrogen) atoms. The van der Waals surface area contributed by atoms with Crippen LogP contribution in [-0.2, 0) is 4.79 Å². The fraction of sp³-hybridized carbons (Fsp3) is 0.115. The lowest BCUT2D eigenvalue weighted by Gasteiger charge is -2.14. The summed E-state index contributed by atoms with van der Waals surface area (Å²) in [6, 6.07) is 22.3. The van der Waals surface area contributed by atoms with Gasteiger partial charge in [-0.25, -0.2) is 0 Å². The highest BCUT2D eigenvalue weighted by molar-refractivity contribution is 8.18. The van der Waals surface area contributed by atoms with Gasteiger partial charge >= 0.3 is 0 Å². The van der Waals surface area contributed by atoms with E-state index in [1.165, 1.54) is 0 Å². The number of ether oxygens (including phenoxy) is 2. The largest absolute Gasteiger partial charge is 0.454 e. The number of fused-ring (bicyclic) bond motifs is 1. The zero-order chi connectivity index (χ0) is 23.5. The fourth-order valence-corrected chi connectivity index (χ4v) is 4.64. The van der Waals surface area contributed by atoms with Crippen molar-refractivity contribution >= 4 is 34.9 Å². The van der Waals surface area contributed by atoms with Gasteiger partial charge in [0.25, 0.3) is 17.1 Å². The summed E-state index contributed by atoms with van der Waals surface area (Å²) in [5.74, 6) is 0.607. The van der Waals surface area contributed by atoms with Gasteiger partial charge in [-0.05, 0) is 52.7 Å². The molecule has 2 aliphatic heterocycles. The molecule has 170 valence electrons. The summed E-state index contributed by atoms with van der Waals surface area (Å²) in [5, 5.41) is 2.46. The maximum Gasteiger partial charge on any atom is 0.293 e. The number of amides is 3. The summed E-state index contributed by atoms with van der Waals surface area (Å²) in [7, 11) is 0. The van der Waals surface area contributed by atoms with E-state index in [4.69, 9.17) is 9.47 Å². The molecule has 0 bridgehead atoms. The summed E-state index contributed by atoms with van der Waals surface area (Å²) in [5.41, 5.74) is 3.03. The Balaban J connectivity index is 1.23. The summed E-state index contributed by atoms with van der Waals surface area (Å²) in [6.07, 6.45) is 1.65. The molecular formula is C26H20N2O5S. The van der Waals surface area contributed by atoms with E-state index >= 15 is 0 Å². The lowest BCUT2D eigenvalue weighted by molar-refractivity contribution is -0.122. The maximum atomic E-state index is 12.8. The first-order valence-electron chi connectivity index (χ1n) is 10.7. The average molecular weight is 473 g/mol. The number of carbonyl (C=O) groups excluding carboxylic acids is 3. The second-order valence-electron chi connectivity index (χ2n) is 7.61. The number of hydrogen-bond acceptors (Lipinski definition) is 6. The standard InChI is InChI=1S/C26H20N2O5S/c29-24(20-9-5-4-8-19(20)18-6-2-1-3-7-18)27-12-13-28-25(30)23(34-26(28)31)15-17-10-11-21-22(14-17)33-16-32-21/h1-11,14-15H,12-13,16H2,(H,27,29)/b23-15-. The number of nitrogens with one attached hydrogen (secondary N) is 1. The van der Waals surface area contributed by atoms with Gasteiger partial charge in [-0.2, -0.15) is 0 Å². The summed E-state index contributed by atoms with van der Waals surface area (Å²) < 4.78 is 10.7. The SMILES string of the molecule is O=C(NCCN1C(=O)S/C(=C\c2ccc3c(c2)OCO3)C1=O)c1ccccc1-c1ccccc1. The lowest BCUT2D eigenvalue weighted by atomic mass is 9.99. The van der Waals surface area contributed by atoms with E-state index in [1.807, 2.05) is 42.5 Å². The Labute approximate surface area is 200 Å². The molecule has 2 aliphatic rings. The van der Waals surface area contributed by atoms with Crippen LogP contribution in [0.5, 0.6) is 11.5 Å². The third-order valence-electron chi connectivity index (χ3n) is 5.45. The van der Waals surface area contributed by atoms with Gasteiger partial charge in [0.05, 0.1) is 4.91 Å². The van der Waals surface area contributed by atoms with Crippen molar-refractivity contribution in [1.82, 2.24) is 10.2 Å². The first kappa shape index (κ1) is 21.8. The van der Waals surface area contributed by atoms with Crippen LogP contribution >= 0.6 is 11.8 Å². The molecule has 1 fully saturated rings. The van der Waals surface area contributed by atoms with Crippen molar-refractivity contribution < 1.29 is 23.9 Å². The minimum Gasteiger partial charge on any atom is -0.454 e. The number of nitrogens with zero attached hydrogens (tertiary/aromatic N) is 1. The molecule has 2 heterocycles. The van der Waals surface area contributed by atoms with E-state index < -0.39 is 0 Å². The lowest BCUT2D eigenvalue weighted by Crippen LogP contribution is -2.37. The van der Waals surface area contributed by atoms with Crippen LogP contribution in [0.4, 0.5) is 4.79 Å². The van der Waals surface area contributed by atoms with Crippen molar-refractivity contribution in [2.45, 2.75) is 0 Å². The van der Waals surface area contributed by atoms with Gasteiger partial charge in [-0.1, -0.05) is 54.6 Å². The molecule has 0 radical (unpaired) electrons. The highest BCUT2D eigenvalue weighted by Crippen LogP contribution is 2.36. The summed E-state index contributed by atoms with van der Waals surface area (Å²) >= 11 is 0.879. The van der Waals surface area contributed by atoms with Gasteiger partial charge in [0.2, 0.25) is 6.79 Å². The Morgan fingerprint density at radius 1 is 0.971 bits per heavy atom. The van der Waals surface area contributed by atoms with E-state index in [2.05, 4.69) is 5.32 Å². The zero-order valence-corrected chi connectivity index (χ0v) is 18.8. The minimum atomic E-state index is -0.383. The van der Waals surface area contributed by atoms with Crippen molar-refractivity contribution in [3.63, 3.8) is 0 Å². The molecule has 1 N–H and O–H groups in total. The van der Waals surface area contributed by atoms with Gasteiger partial charge < -0.3 is 14.8 Å². The molecule has 1 saturated heterocycles. The van der Waals surface area contributed by atoms with Crippen LogP contribution < -0.4 is 14.8 Å².